The Hall–Kier alpha value is -1.63. The summed E-state index contributed by atoms with van der Waals surface area (Å²) in [5.41, 5.74) is -0.826. The first kappa shape index (κ1) is 19.7. The molecule has 2 aliphatic heterocycles. The smallest absolute Gasteiger partial charge is 0.325 e. The van der Waals surface area contributed by atoms with Gasteiger partial charge in [-0.1, -0.05) is 33.6 Å². The first-order valence-electron chi connectivity index (χ1n) is 9.61. The molecule has 0 atom stereocenters. The number of piperidine rings is 1. The summed E-state index contributed by atoms with van der Waals surface area (Å²) in [4.78, 5) is 40.8. The van der Waals surface area contributed by atoms with Crippen LogP contribution in [-0.2, 0) is 9.59 Å². The van der Waals surface area contributed by atoms with Crippen LogP contribution < -0.4 is 10.6 Å². The second-order valence-corrected chi connectivity index (χ2v) is 7.18. The second kappa shape index (κ2) is 8.65. The van der Waals surface area contributed by atoms with E-state index in [0.29, 0.717) is 12.8 Å². The summed E-state index contributed by atoms with van der Waals surface area (Å²) in [6, 6.07) is -0.310. The molecule has 2 aliphatic rings. The number of rotatable bonds is 8. The summed E-state index contributed by atoms with van der Waals surface area (Å²) in [6.07, 6.45) is 4.66. The lowest BCUT2D eigenvalue weighted by atomic mass is 9.88. The predicted octanol–water partition coefficient (Wildman–Crippen LogP) is 1.48. The SMILES string of the molecule is CCCC1(CCC)NC(=O)N(CC(=O)NC2CCN(CC)CC2)C1=O. The third-order valence-electron chi connectivity index (χ3n) is 5.30. The maximum Gasteiger partial charge on any atom is 0.325 e. The zero-order valence-electron chi connectivity index (χ0n) is 15.8. The van der Waals surface area contributed by atoms with E-state index in [-0.39, 0.29) is 24.4 Å². The number of nitrogens with zero attached hydrogens (tertiary/aromatic N) is 2. The third kappa shape index (κ3) is 4.51. The normalized spacial score (nSPS) is 21.5. The van der Waals surface area contributed by atoms with Crippen molar-refractivity contribution in [3.63, 3.8) is 0 Å². The number of nitrogens with one attached hydrogen (secondary N) is 2. The maximum absolute atomic E-state index is 12.8. The van der Waals surface area contributed by atoms with Gasteiger partial charge in [0, 0.05) is 19.1 Å². The van der Waals surface area contributed by atoms with E-state index in [0.717, 1.165) is 50.2 Å². The molecule has 142 valence electrons. The number of amides is 4. The first-order valence-corrected chi connectivity index (χ1v) is 9.61. The fraction of sp³-hybridized carbons (Fsp3) is 0.833. The minimum Gasteiger partial charge on any atom is -0.352 e. The highest BCUT2D eigenvalue weighted by molar-refractivity contribution is 6.09. The standard InChI is InChI=1S/C18H32N4O3/c1-4-9-18(10-5-2)16(24)22(17(25)20-18)13-15(23)19-14-7-11-21(6-3)12-8-14/h14H,4-13H2,1-3H3,(H,19,23)(H,20,25). The van der Waals surface area contributed by atoms with Gasteiger partial charge >= 0.3 is 6.03 Å². The summed E-state index contributed by atoms with van der Waals surface area (Å²) in [6.45, 7) is 8.91. The van der Waals surface area contributed by atoms with Crippen LogP contribution in [0.1, 0.15) is 59.3 Å². The molecule has 25 heavy (non-hydrogen) atoms. The molecule has 0 aromatic rings. The Morgan fingerprint density at radius 3 is 2.28 bits per heavy atom. The Labute approximate surface area is 150 Å². The van der Waals surface area contributed by atoms with Crippen molar-refractivity contribution in [3.05, 3.63) is 0 Å². The molecule has 7 nitrogen and oxygen atoms in total. The van der Waals surface area contributed by atoms with Crippen molar-refractivity contribution < 1.29 is 14.4 Å². The lowest BCUT2D eigenvalue weighted by Gasteiger charge is -2.31. The minimum absolute atomic E-state index is 0.132. The molecule has 0 spiro atoms. The van der Waals surface area contributed by atoms with Crippen LogP contribution in [-0.4, -0.2) is 65.4 Å². The lowest BCUT2D eigenvalue weighted by molar-refractivity contribution is -0.135. The van der Waals surface area contributed by atoms with E-state index in [9.17, 15) is 14.4 Å². The quantitative estimate of drug-likeness (QED) is 0.648. The molecule has 0 aliphatic carbocycles. The molecule has 0 aromatic heterocycles. The van der Waals surface area contributed by atoms with Gasteiger partial charge in [-0.25, -0.2) is 4.79 Å². The van der Waals surface area contributed by atoms with Gasteiger partial charge in [0.15, 0.2) is 0 Å². The monoisotopic (exact) mass is 352 g/mol. The number of carbonyl (C=O) groups excluding carboxylic acids is 3. The van der Waals surface area contributed by atoms with Crippen molar-refractivity contribution in [2.75, 3.05) is 26.2 Å². The maximum atomic E-state index is 12.8. The van der Waals surface area contributed by atoms with E-state index in [1.54, 1.807) is 0 Å². The van der Waals surface area contributed by atoms with E-state index < -0.39 is 11.6 Å². The number of hydrogen-bond donors (Lipinski definition) is 2. The molecule has 2 rings (SSSR count). The summed E-state index contributed by atoms with van der Waals surface area (Å²) in [7, 11) is 0. The van der Waals surface area contributed by atoms with Gasteiger partial charge < -0.3 is 15.5 Å². The molecule has 2 N–H and O–H groups in total. The zero-order chi connectivity index (χ0) is 18.4. The summed E-state index contributed by atoms with van der Waals surface area (Å²) < 4.78 is 0. The molecule has 0 radical (unpaired) electrons. The van der Waals surface area contributed by atoms with Crippen LogP contribution in [0.5, 0.6) is 0 Å². The minimum atomic E-state index is -0.826. The van der Waals surface area contributed by atoms with Gasteiger partial charge in [0.2, 0.25) is 5.91 Å². The Balaban J connectivity index is 1.92. The number of carbonyl (C=O) groups is 3. The van der Waals surface area contributed by atoms with Crippen LogP contribution in [0.3, 0.4) is 0 Å². The number of likely N-dealkylation sites (tertiary alicyclic amines) is 1. The average molecular weight is 352 g/mol. The van der Waals surface area contributed by atoms with E-state index in [1.165, 1.54) is 0 Å². The molecular weight excluding hydrogens is 320 g/mol. The highest BCUT2D eigenvalue weighted by Gasteiger charge is 2.50. The molecule has 7 heteroatoms. The molecule has 4 amide bonds. The van der Waals surface area contributed by atoms with E-state index in [2.05, 4.69) is 22.5 Å². The van der Waals surface area contributed by atoms with Gasteiger partial charge in [-0.3, -0.25) is 14.5 Å². The Morgan fingerprint density at radius 2 is 1.76 bits per heavy atom. The second-order valence-electron chi connectivity index (χ2n) is 7.18. The highest BCUT2D eigenvalue weighted by atomic mass is 16.2. The van der Waals surface area contributed by atoms with E-state index >= 15 is 0 Å². The molecule has 2 fully saturated rings. The fourth-order valence-corrected chi connectivity index (χ4v) is 3.95. The van der Waals surface area contributed by atoms with Crippen LogP contribution in [0.25, 0.3) is 0 Å². The lowest BCUT2D eigenvalue weighted by Crippen LogP contribution is -2.49. The highest BCUT2D eigenvalue weighted by Crippen LogP contribution is 2.27. The van der Waals surface area contributed by atoms with Crippen molar-refractivity contribution in [2.24, 2.45) is 0 Å². The topological polar surface area (TPSA) is 81.8 Å². The van der Waals surface area contributed by atoms with Crippen molar-refractivity contribution in [3.8, 4) is 0 Å². The fourth-order valence-electron chi connectivity index (χ4n) is 3.95. The van der Waals surface area contributed by atoms with Gasteiger partial charge in [0.05, 0.1) is 0 Å². The Bertz CT molecular complexity index is 495. The molecule has 0 saturated carbocycles. The van der Waals surface area contributed by atoms with Gasteiger partial charge in [0.25, 0.3) is 5.91 Å². The third-order valence-corrected chi connectivity index (χ3v) is 5.30. The van der Waals surface area contributed by atoms with Crippen LogP contribution in [0.2, 0.25) is 0 Å². The van der Waals surface area contributed by atoms with Crippen molar-refractivity contribution in [2.45, 2.75) is 70.9 Å². The molecule has 2 heterocycles. The Morgan fingerprint density at radius 1 is 1.16 bits per heavy atom. The van der Waals surface area contributed by atoms with Gasteiger partial charge in [0.1, 0.15) is 12.1 Å². The summed E-state index contributed by atoms with van der Waals surface area (Å²) in [5, 5.41) is 5.83. The summed E-state index contributed by atoms with van der Waals surface area (Å²) >= 11 is 0. The molecule has 0 aromatic carbocycles. The molecular formula is C18H32N4O3. The van der Waals surface area contributed by atoms with Crippen molar-refractivity contribution in [1.29, 1.82) is 0 Å². The summed E-state index contributed by atoms with van der Waals surface area (Å²) in [5.74, 6) is -0.501. The Kier molecular flexibility index (Phi) is 6.81. The predicted molar refractivity (Wildman–Crippen MR) is 96.1 cm³/mol. The van der Waals surface area contributed by atoms with Crippen LogP contribution in [0, 0.1) is 0 Å². The largest absolute Gasteiger partial charge is 0.352 e. The molecule has 0 unspecified atom stereocenters. The van der Waals surface area contributed by atoms with Crippen LogP contribution in [0.4, 0.5) is 4.79 Å². The zero-order valence-corrected chi connectivity index (χ0v) is 15.8. The number of hydrogen-bond acceptors (Lipinski definition) is 4. The molecule has 2 saturated heterocycles. The molecule has 0 bridgehead atoms. The number of urea groups is 1. The van der Waals surface area contributed by atoms with Gasteiger partial charge in [-0.2, -0.15) is 0 Å². The van der Waals surface area contributed by atoms with Crippen molar-refractivity contribution >= 4 is 17.8 Å². The van der Waals surface area contributed by atoms with E-state index in [1.807, 2.05) is 13.8 Å². The van der Waals surface area contributed by atoms with Gasteiger partial charge in [-0.05, 0) is 32.2 Å². The first-order chi connectivity index (χ1) is 12.0. The van der Waals surface area contributed by atoms with Crippen molar-refractivity contribution in [1.82, 2.24) is 20.4 Å². The average Bonchev–Trinajstić information content (AvgIpc) is 2.80. The van der Waals surface area contributed by atoms with Crippen LogP contribution >= 0.6 is 0 Å². The van der Waals surface area contributed by atoms with Crippen LogP contribution in [0.15, 0.2) is 0 Å². The van der Waals surface area contributed by atoms with Gasteiger partial charge in [-0.15, -0.1) is 0 Å². The van der Waals surface area contributed by atoms with E-state index in [4.69, 9.17) is 0 Å². The number of imide groups is 1.